The molecule has 1 unspecified atom stereocenters. The molecular formula is C20H36O4. The highest BCUT2D eigenvalue weighted by Gasteiger charge is 2.41. The van der Waals surface area contributed by atoms with Gasteiger partial charge in [-0.3, -0.25) is 9.59 Å². The van der Waals surface area contributed by atoms with Crippen molar-refractivity contribution in [2.75, 3.05) is 0 Å². The molecule has 0 aliphatic rings. The molecule has 140 valence electrons. The van der Waals surface area contributed by atoms with Gasteiger partial charge in [0.05, 0.1) is 17.9 Å². The van der Waals surface area contributed by atoms with Crippen molar-refractivity contribution in [3.8, 4) is 0 Å². The van der Waals surface area contributed by atoms with Crippen LogP contribution in [0.15, 0.2) is 12.7 Å². The summed E-state index contributed by atoms with van der Waals surface area (Å²) in [6, 6.07) is 0. The first-order valence-electron chi connectivity index (χ1n) is 8.79. The highest BCUT2D eigenvalue weighted by Crippen LogP contribution is 2.34. The summed E-state index contributed by atoms with van der Waals surface area (Å²) in [5, 5.41) is 10.4. The average Bonchev–Trinajstić information content (AvgIpc) is 2.42. The summed E-state index contributed by atoms with van der Waals surface area (Å²) in [5.74, 6) is -0.217. The van der Waals surface area contributed by atoms with Gasteiger partial charge in [-0.2, -0.15) is 0 Å². The van der Waals surface area contributed by atoms with Gasteiger partial charge in [-0.15, -0.1) is 6.58 Å². The summed E-state index contributed by atoms with van der Waals surface area (Å²) in [7, 11) is 0. The number of Topliss-reactive ketones (excluding diaryl/α,β-unsaturated/α-hetero) is 1. The number of carbonyl (C=O) groups excluding carboxylic acids is 2. The van der Waals surface area contributed by atoms with Gasteiger partial charge in [0.2, 0.25) is 0 Å². The van der Waals surface area contributed by atoms with E-state index in [1.165, 1.54) is 0 Å². The Balaban J connectivity index is 4.98. The van der Waals surface area contributed by atoms with Crippen molar-refractivity contribution in [2.45, 2.75) is 79.9 Å². The Kier molecular flexibility index (Phi) is 8.37. The third-order valence-electron chi connectivity index (χ3n) is 4.89. The average molecular weight is 341 g/mol. The van der Waals surface area contributed by atoms with Gasteiger partial charge in [-0.05, 0) is 39.0 Å². The SMILES string of the molecule is C=CCC(C)[C@H](C)[C@@H](C)C(=O)C(C)(C)[C@@H](O)CC(=O)OC(C)(C)C. The van der Waals surface area contributed by atoms with Gasteiger partial charge in [0.15, 0.2) is 0 Å². The number of ketones is 1. The van der Waals surface area contributed by atoms with E-state index in [0.29, 0.717) is 5.92 Å². The van der Waals surface area contributed by atoms with Crippen LogP contribution in [0.2, 0.25) is 0 Å². The minimum atomic E-state index is -1.07. The van der Waals surface area contributed by atoms with E-state index in [2.05, 4.69) is 13.5 Å². The predicted octanol–water partition coefficient (Wildman–Crippen LogP) is 4.16. The summed E-state index contributed by atoms with van der Waals surface area (Å²) in [5.41, 5.74) is -1.61. The van der Waals surface area contributed by atoms with Crippen LogP contribution in [0.1, 0.15) is 68.2 Å². The number of allylic oxidation sites excluding steroid dienone is 1. The van der Waals surface area contributed by atoms with E-state index in [0.717, 1.165) is 6.42 Å². The number of hydrogen-bond acceptors (Lipinski definition) is 4. The fourth-order valence-electron chi connectivity index (χ4n) is 2.76. The van der Waals surface area contributed by atoms with Gasteiger partial charge in [-0.1, -0.05) is 40.7 Å². The van der Waals surface area contributed by atoms with Gasteiger partial charge in [-0.25, -0.2) is 0 Å². The fourth-order valence-corrected chi connectivity index (χ4v) is 2.76. The molecule has 4 heteroatoms. The van der Waals surface area contributed by atoms with E-state index >= 15 is 0 Å². The van der Waals surface area contributed by atoms with E-state index < -0.39 is 23.1 Å². The lowest BCUT2D eigenvalue weighted by molar-refractivity contribution is -0.160. The van der Waals surface area contributed by atoms with Crippen LogP contribution in [0.4, 0.5) is 0 Å². The van der Waals surface area contributed by atoms with Crippen LogP contribution in [-0.4, -0.2) is 28.6 Å². The number of aliphatic hydroxyl groups is 1. The molecule has 0 bridgehead atoms. The van der Waals surface area contributed by atoms with E-state index in [4.69, 9.17) is 4.74 Å². The zero-order valence-corrected chi connectivity index (χ0v) is 16.7. The van der Waals surface area contributed by atoms with Gasteiger partial charge in [0.1, 0.15) is 11.4 Å². The van der Waals surface area contributed by atoms with E-state index in [1.54, 1.807) is 34.6 Å². The Hall–Kier alpha value is -1.16. The third kappa shape index (κ3) is 6.76. The molecule has 0 fully saturated rings. The van der Waals surface area contributed by atoms with Crippen LogP contribution < -0.4 is 0 Å². The molecule has 24 heavy (non-hydrogen) atoms. The summed E-state index contributed by atoms with van der Waals surface area (Å²) in [4.78, 5) is 24.8. The molecule has 0 aliphatic heterocycles. The largest absolute Gasteiger partial charge is 0.460 e. The lowest BCUT2D eigenvalue weighted by atomic mass is 9.70. The molecule has 0 saturated heterocycles. The minimum absolute atomic E-state index is 0.0260. The second-order valence-electron chi connectivity index (χ2n) is 8.54. The van der Waals surface area contributed by atoms with Crippen LogP contribution >= 0.6 is 0 Å². The first-order valence-corrected chi connectivity index (χ1v) is 8.79. The molecule has 0 aromatic heterocycles. The van der Waals surface area contributed by atoms with Gasteiger partial charge < -0.3 is 9.84 Å². The Bertz CT molecular complexity index is 445. The van der Waals surface area contributed by atoms with Crippen LogP contribution in [0.5, 0.6) is 0 Å². The second-order valence-corrected chi connectivity index (χ2v) is 8.54. The normalized spacial score (nSPS) is 17.5. The first-order chi connectivity index (χ1) is 10.7. The number of hydrogen-bond donors (Lipinski definition) is 1. The molecule has 0 aromatic carbocycles. The molecule has 0 aromatic rings. The lowest BCUT2D eigenvalue weighted by Crippen LogP contribution is -2.44. The summed E-state index contributed by atoms with van der Waals surface area (Å²) in [6.07, 6.45) is 1.46. The molecule has 0 saturated carbocycles. The van der Waals surface area contributed by atoms with E-state index in [-0.39, 0.29) is 24.0 Å². The Morgan fingerprint density at radius 3 is 2.04 bits per heavy atom. The van der Waals surface area contributed by atoms with Crippen molar-refractivity contribution < 1.29 is 19.4 Å². The second kappa shape index (κ2) is 8.80. The van der Waals surface area contributed by atoms with Gasteiger partial charge in [0.25, 0.3) is 0 Å². The Morgan fingerprint density at radius 1 is 1.12 bits per heavy atom. The summed E-state index contributed by atoms with van der Waals surface area (Å²) < 4.78 is 5.24. The van der Waals surface area contributed by atoms with Crippen LogP contribution in [0.25, 0.3) is 0 Å². The van der Waals surface area contributed by atoms with Crippen molar-refractivity contribution >= 4 is 11.8 Å². The lowest BCUT2D eigenvalue weighted by Gasteiger charge is -2.35. The van der Waals surface area contributed by atoms with Crippen molar-refractivity contribution in [1.29, 1.82) is 0 Å². The molecule has 4 nitrogen and oxygen atoms in total. The topological polar surface area (TPSA) is 63.6 Å². The van der Waals surface area contributed by atoms with Gasteiger partial charge >= 0.3 is 5.97 Å². The Morgan fingerprint density at radius 2 is 1.62 bits per heavy atom. The predicted molar refractivity (Wildman–Crippen MR) is 97.6 cm³/mol. The molecule has 4 atom stereocenters. The summed E-state index contributed by atoms with van der Waals surface area (Å²) in [6.45, 7) is 18.5. The maximum atomic E-state index is 12.9. The molecule has 0 rings (SSSR count). The van der Waals surface area contributed by atoms with E-state index in [9.17, 15) is 14.7 Å². The highest BCUT2D eigenvalue weighted by molar-refractivity contribution is 5.87. The van der Waals surface area contributed by atoms with Crippen molar-refractivity contribution in [3.63, 3.8) is 0 Å². The highest BCUT2D eigenvalue weighted by atomic mass is 16.6. The number of ether oxygens (including phenoxy) is 1. The number of carbonyl (C=O) groups is 2. The van der Waals surface area contributed by atoms with Crippen LogP contribution in [0.3, 0.4) is 0 Å². The number of esters is 1. The van der Waals surface area contributed by atoms with Crippen molar-refractivity contribution in [2.24, 2.45) is 23.2 Å². The smallest absolute Gasteiger partial charge is 0.308 e. The quantitative estimate of drug-likeness (QED) is 0.506. The molecule has 0 heterocycles. The molecular weight excluding hydrogens is 304 g/mol. The maximum Gasteiger partial charge on any atom is 0.308 e. The zero-order chi connectivity index (χ0) is 19.3. The monoisotopic (exact) mass is 340 g/mol. The zero-order valence-electron chi connectivity index (χ0n) is 16.7. The van der Waals surface area contributed by atoms with Crippen LogP contribution in [-0.2, 0) is 14.3 Å². The fraction of sp³-hybridized carbons (Fsp3) is 0.800. The Labute approximate surface area is 147 Å². The molecule has 0 radical (unpaired) electrons. The molecule has 0 amide bonds. The first kappa shape index (κ1) is 22.8. The van der Waals surface area contributed by atoms with E-state index in [1.807, 2.05) is 19.9 Å². The molecule has 1 N–H and O–H groups in total. The maximum absolute atomic E-state index is 12.9. The third-order valence-corrected chi connectivity index (χ3v) is 4.89. The number of rotatable bonds is 9. The summed E-state index contributed by atoms with van der Waals surface area (Å²) >= 11 is 0. The minimum Gasteiger partial charge on any atom is -0.460 e. The van der Waals surface area contributed by atoms with Crippen molar-refractivity contribution in [1.82, 2.24) is 0 Å². The molecule has 0 spiro atoms. The van der Waals surface area contributed by atoms with Gasteiger partial charge in [0, 0.05) is 5.92 Å². The standard InChI is InChI=1S/C20H36O4/c1-10-11-13(2)14(3)15(4)18(23)20(8,9)16(21)12-17(22)24-19(5,6)7/h10,13-16,21H,1,11-12H2,2-9H3/t13?,14-,15+,16-/m0/s1. The van der Waals surface area contributed by atoms with Crippen molar-refractivity contribution in [3.05, 3.63) is 12.7 Å². The van der Waals surface area contributed by atoms with Crippen LogP contribution in [0, 0.1) is 23.2 Å². The molecule has 0 aliphatic carbocycles. The number of aliphatic hydroxyl groups excluding tert-OH is 1.